The van der Waals surface area contributed by atoms with Gasteiger partial charge in [0.2, 0.25) is 0 Å². The van der Waals surface area contributed by atoms with Crippen molar-refractivity contribution in [2.75, 3.05) is 0 Å². The lowest BCUT2D eigenvalue weighted by Gasteiger charge is -2.13. The summed E-state index contributed by atoms with van der Waals surface area (Å²) in [5, 5.41) is 12.9. The fourth-order valence-corrected chi connectivity index (χ4v) is 5.95. The van der Waals surface area contributed by atoms with Crippen LogP contribution in [0.5, 0.6) is 0 Å². The number of hydrogen-bond acceptors (Lipinski definition) is 0. The van der Waals surface area contributed by atoms with Gasteiger partial charge in [-0.25, -0.2) is 0 Å². The van der Waals surface area contributed by atoms with Gasteiger partial charge in [-0.1, -0.05) is 97.1 Å². The highest BCUT2D eigenvalue weighted by atomic mass is 15.0. The van der Waals surface area contributed by atoms with Gasteiger partial charge < -0.3 is 4.57 Å². The fraction of sp³-hybridized carbons (Fsp3) is 0. The van der Waals surface area contributed by atoms with E-state index in [4.69, 9.17) is 0 Å². The van der Waals surface area contributed by atoms with Gasteiger partial charge in [-0.3, -0.25) is 0 Å². The molecule has 0 bridgehead atoms. The molecule has 0 spiro atoms. The summed E-state index contributed by atoms with van der Waals surface area (Å²) in [5.74, 6) is 0. The van der Waals surface area contributed by atoms with Crippen LogP contribution < -0.4 is 0 Å². The molecule has 8 rings (SSSR count). The summed E-state index contributed by atoms with van der Waals surface area (Å²) >= 11 is 0. The van der Waals surface area contributed by atoms with Gasteiger partial charge in [0.15, 0.2) is 0 Å². The first-order valence-electron chi connectivity index (χ1n) is 12.1. The monoisotopic (exact) mass is 443 g/mol. The minimum absolute atomic E-state index is 1.22. The van der Waals surface area contributed by atoms with Crippen molar-refractivity contribution in [1.29, 1.82) is 0 Å². The molecule has 0 aliphatic heterocycles. The van der Waals surface area contributed by atoms with Gasteiger partial charge in [0.05, 0.1) is 16.7 Å². The van der Waals surface area contributed by atoms with E-state index in [9.17, 15) is 0 Å². The van der Waals surface area contributed by atoms with Crippen LogP contribution in [0.3, 0.4) is 0 Å². The summed E-state index contributed by atoms with van der Waals surface area (Å²) < 4.78 is 2.47. The Morgan fingerprint density at radius 1 is 0.343 bits per heavy atom. The summed E-state index contributed by atoms with van der Waals surface area (Å²) in [5.41, 5.74) is 3.71. The summed E-state index contributed by atoms with van der Waals surface area (Å²) in [6.45, 7) is 0. The first kappa shape index (κ1) is 18.8. The normalized spacial score (nSPS) is 12.0. The molecule has 8 aromatic rings. The van der Waals surface area contributed by atoms with E-state index in [0.29, 0.717) is 0 Å². The van der Waals surface area contributed by atoms with Crippen molar-refractivity contribution in [1.82, 2.24) is 4.57 Å². The fourth-order valence-electron chi connectivity index (χ4n) is 5.95. The molecule has 1 aromatic heterocycles. The van der Waals surface area contributed by atoms with Gasteiger partial charge in [0.1, 0.15) is 0 Å². The molecule has 0 N–H and O–H groups in total. The Hall–Kier alpha value is -4.62. The smallest absolute Gasteiger partial charge is 0.0548 e. The average Bonchev–Trinajstić information content (AvgIpc) is 3.26. The maximum Gasteiger partial charge on any atom is 0.0548 e. The van der Waals surface area contributed by atoms with Crippen LogP contribution in [0.1, 0.15) is 0 Å². The van der Waals surface area contributed by atoms with E-state index in [-0.39, 0.29) is 0 Å². The second kappa shape index (κ2) is 6.94. The van der Waals surface area contributed by atoms with Crippen LogP contribution in [0, 0.1) is 0 Å². The predicted octanol–water partition coefficient (Wildman–Crippen LogP) is 9.40. The lowest BCUT2D eigenvalue weighted by Crippen LogP contribution is -1.95. The zero-order valence-electron chi connectivity index (χ0n) is 19.1. The van der Waals surface area contributed by atoms with Gasteiger partial charge >= 0.3 is 0 Å². The molecule has 0 aliphatic carbocycles. The zero-order valence-corrected chi connectivity index (χ0v) is 19.1. The highest BCUT2D eigenvalue weighted by molar-refractivity contribution is 6.28. The summed E-state index contributed by atoms with van der Waals surface area (Å²) in [6.07, 6.45) is 0. The van der Waals surface area contributed by atoms with E-state index in [1.807, 2.05) is 0 Å². The minimum atomic E-state index is 1.22. The van der Waals surface area contributed by atoms with Crippen molar-refractivity contribution in [3.05, 3.63) is 127 Å². The molecule has 162 valence electrons. The molecule has 0 atom stereocenters. The van der Waals surface area contributed by atoms with Crippen LogP contribution in [-0.4, -0.2) is 4.57 Å². The van der Waals surface area contributed by atoms with Crippen molar-refractivity contribution in [3.63, 3.8) is 0 Å². The first-order chi connectivity index (χ1) is 17.4. The van der Waals surface area contributed by atoms with E-state index >= 15 is 0 Å². The first-order valence-corrected chi connectivity index (χ1v) is 12.1. The van der Waals surface area contributed by atoms with Gasteiger partial charge in [0, 0.05) is 16.2 Å². The average molecular weight is 444 g/mol. The summed E-state index contributed by atoms with van der Waals surface area (Å²) in [6, 6.07) is 46.6. The van der Waals surface area contributed by atoms with Crippen LogP contribution >= 0.6 is 0 Å². The molecule has 0 fully saturated rings. The minimum Gasteiger partial charge on any atom is -0.309 e. The number of aromatic nitrogens is 1. The molecule has 0 saturated carbocycles. The number of benzene rings is 7. The molecule has 0 aliphatic rings. The van der Waals surface area contributed by atoms with Gasteiger partial charge in [-0.05, 0) is 68.0 Å². The Morgan fingerprint density at radius 3 is 1.49 bits per heavy atom. The molecule has 0 radical (unpaired) electrons. The Kier molecular flexibility index (Phi) is 3.72. The van der Waals surface area contributed by atoms with Crippen molar-refractivity contribution in [3.8, 4) is 5.69 Å². The molecule has 0 unspecified atom stereocenters. The highest BCUT2D eigenvalue weighted by Gasteiger charge is 2.18. The summed E-state index contributed by atoms with van der Waals surface area (Å²) in [7, 11) is 0. The van der Waals surface area contributed by atoms with E-state index in [0.717, 1.165) is 0 Å². The quantitative estimate of drug-likeness (QED) is 0.223. The maximum absolute atomic E-state index is 2.47. The van der Waals surface area contributed by atoms with Gasteiger partial charge in [0.25, 0.3) is 0 Å². The Bertz CT molecular complexity index is 2020. The third-order valence-corrected chi connectivity index (χ3v) is 7.51. The number of fused-ring (bicyclic) bond motifs is 9. The van der Waals surface area contributed by atoms with Gasteiger partial charge in [-0.2, -0.15) is 0 Å². The Labute approximate surface area is 202 Å². The molecule has 1 heterocycles. The van der Waals surface area contributed by atoms with Crippen LogP contribution in [0.2, 0.25) is 0 Å². The SMILES string of the molecule is c1ccc2cc3c(-n4c5ccc6ccccc6c5c5c6ccccc6ccc54)cccc3cc2c1. The molecule has 1 nitrogen and oxygen atoms in total. The maximum atomic E-state index is 2.47. The van der Waals surface area contributed by atoms with Crippen LogP contribution in [0.25, 0.3) is 70.6 Å². The lowest BCUT2D eigenvalue weighted by molar-refractivity contribution is 1.20. The molecule has 0 saturated heterocycles. The van der Waals surface area contributed by atoms with Crippen LogP contribution in [0.15, 0.2) is 127 Å². The van der Waals surface area contributed by atoms with Crippen LogP contribution in [0.4, 0.5) is 0 Å². The lowest BCUT2D eigenvalue weighted by atomic mass is 10.00. The molecule has 1 heteroatoms. The molecule has 0 amide bonds. The van der Waals surface area contributed by atoms with E-state index in [2.05, 4.69) is 132 Å². The number of rotatable bonds is 1. The second-order valence-electron chi connectivity index (χ2n) is 9.39. The third-order valence-electron chi connectivity index (χ3n) is 7.51. The summed E-state index contributed by atoms with van der Waals surface area (Å²) in [4.78, 5) is 0. The highest BCUT2D eigenvalue weighted by Crippen LogP contribution is 2.41. The van der Waals surface area contributed by atoms with E-state index in [1.54, 1.807) is 0 Å². The van der Waals surface area contributed by atoms with Crippen molar-refractivity contribution < 1.29 is 0 Å². The molecule has 7 aromatic carbocycles. The Balaban J connectivity index is 1.63. The standard InChI is InChI=1S/C34H21N/c1-2-11-25-21-29-26(20-24(25)10-1)12-7-15-30(29)35-31-18-16-22-8-3-5-13-27(22)33(31)34-28-14-6-4-9-23(28)17-19-32(34)35/h1-21H. The molecular weight excluding hydrogens is 422 g/mol. The predicted molar refractivity (Wildman–Crippen MR) is 151 cm³/mol. The Morgan fingerprint density at radius 2 is 0.857 bits per heavy atom. The topological polar surface area (TPSA) is 4.93 Å². The van der Waals surface area contributed by atoms with Crippen molar-refractivity contribution >= 4 is 64.9 Å². The van der Waals surface area contributed by atoms with Crippen molar-refractivity contribution in [2.24, 2.45) is 0 Å². The van der Waals surface area contributed by atoms with E-state index in [1.165, 1.54) is 70.6 Å². The van der Waals surface area contributed by atoms with Crippen molar-refractivity contribution in [2.45, 2.75) is 0 Å². The third kappa shape index (κ3) is 2.58. The van der Waals surface area contributed by atoms with E-state index < -0.39 is 0 Å². The molecular formula is C34H21N. The van der Waals surface area contributed by atoms with Crippen LogP contribution in [-0.2, 0) is 0 Å². The number of hydrogen-bond donors (Lipinski definition) is 0. The van der Waals surface area contributed by atoms with Gasteiger partial charge in [-0.15, -0.1) is 0 Å². The molecule has 35 heavy (non-hydrogen) atoms. The largest absolute Gasteiger partial charge is 0.309 e. The number of nitrogens with zero attached hydrogens (tertiary/aromatic N) is 1. The zero-order chi connectivity index (χ0) is 22.9. The second-order valence-corrected chi connectivity index (χ2v) is 9.39.